The van der Waals surface area contributed by atoms with Gasteiger partial charge in [-0.3, -0.25) is 4.68 Å². The molecule has 0 aliphatic rings. The fourth-order valence-electron chi connectivity index (χ4n) is 2.64. The lowest BCUT2D eigenvalue weighted by atomic mass is 10.0. The maximum Gasteiger partial charge on any atom is 0.0798 e. The first kappa shape index (κ1) is 16.3. The quantitative estimate of drug-likeness (QED) is 0.883. The van der Waals surface area contributed by atoms with Gasteiger partial charge < -0.3 is 5.11 Å². The number of rotatable bonds is 5. The average Bonchev–Trinajstić information content (AvgIpc) is 2.81. The molecule has 0 spiro atoms. The van der Waals surface area contributed by atoms with Crippen LogP contribution in [0.5, 0.6) is 0 Å². The summed E-state index contributed by atoms with van der Waals surface area (Å²) in [5, 5.41) is 15.8. The van der Waals surface area contributed by atoms with Gasteiger partial charge in [0.15, 0.2) is 0 Å². The van der Waals surface area contributed by atoms with Gasteiger partial charge in [0.25, 0.3) is 0 Å². The highest BCUT2D eigenvalue weighted by Crippen LogP contribution is 2.28. The van der Waals surface area contributed by atoms with Crippen LogP contribution in [0.1, 0.15) is 49.4 Å². The van der Waals surface area contributed by atoms with Gasteiger partial charge in [0.2, 0.25) is 0 Å². The molecule has 1 heterocycles. The van der Waals surface area contributed by atoms with E-state index in [-0.39, 0.29) is 0 Å². The van der Waals surface area contributed by atoms with E-state index in [1.165, 1.54) is 0 Å². The molecule has 114 valence electrons. The Morgan fingerprint density at radius 2 is 1.95 bits per heavy atom. The van der Waals surface area contributed by atoms with Gasteiger partial charge in [-0.2, -0.15) is 5.10 Å². The molecule has 0 saturated heterocycles. The van der Waals surface area contributed by atoms with Crippen molar-refractivity contribution in [2.75, 3.05) is 0 Å². The maximum atomic E-state index is 10.0. The number of hydrogen-bond acceptors (Lipinski definition) is 2. The highest BCUT2D eigenvalue weighted by atomic mass is 35.5. The van der Waals surface area contributed by atoms with Crippen LogP contribution < -0.4 is 0 Å². The molecule has 0 aliphatic carbocycles. The molecule has 2 aromatic rings. The minimum absolute atomic E-state index is 0.515. The van der Waals surface area contributed by atoms with Crippen molar-refractivity contribution >= 4 is 23.2 Å². The van der Waals surface area contributed by atoms with E-state index in [1.54, 1.807) is 13.0 Å². The number of nitrogens with zero attached hydrogens (tertiary/aromatic N) is 2. The van der Waals surface area contributed by atoms with Crippen LogP contribution in [-0.2, 0) is 19.4 Å². The monoisotopic (exact) mass is 326 g/mol. The Hall–Kier alpha value is -1.03. The summed E-state index contributed by atoms with van der Waals surface area (Å²) in [6.45, 7) is 6.46. The number of aryl methyl sites for hydroxylation is 1. The molecule has 1 N–H and O–H groups in total. The fourth-order valence-corrected chi connectivity index (χ4v) is 3.02. The number of aliphatic hydroxyl groups excluding tert-OH is 1. The summed E-state index contributed by atoms with van der Waals surface area (Å²) >= 11 is 12.3. The van der Waals surface area contributed by atoms with Gasteiger partial charge in [0.05, 0.1) is 28.4 Å². The molecule has 5 heteroatoms. The Morgan fingerprint density at radius 3 is 2.52 bits per heavy atom. The second kappa shape index (κ2) is 6.82. The zero-order valence-corrected chi connectivity index (χ0v) is 14.0. The standard InChI is InChI=1S/C16H20Cl2N2O/c1-4-13-15(10(3)21)14(5-2)20(19-13)9-11-7-6-8-12(17)16(11)18/h6-8,10,21H,4-5,9H2,1-3H3. The Morgan fingerprint density at radius 1 is 1.24 bits per heavy atom. The summed E-state index contributed by atoms with van der Waals surface area (Å²) in [4.78, 5) is 0. The van der Waals surface area contributed by atoms with Crippen molar-refractivity contribution in [2.24, 2.45) is 0 Å². The molecule has 0 fully saturated rings. The minimum atomic E-state index is -0.515. The van der Waals surface area contributed by atoms with E-state index in [0.29, 0.717) is 16.6 Å². The molecule has 3 nitrogen and oxygen atoms in total. The lowest BCUT2D eigenvalue weighted by Gasteiger charge is -2.11. The Labute approximate surface area is 135 Å². The zero-order valence-electron chi connectivity index (χ0n) is 12.5. The van der Waals surface area contributed by atoms with Crippen molar-refractivity contribution in [1.82, 2.24) is 9.78 Å². The molecule has 0 radical (unpaired) electrons. The molecule has 21 heavy (non-hydrogen) atoms. The highest BCUT2D eigenvalue weighted by Gasteiger charge is 2.19. The van der Waals surface area contributed by atoms with E-state index in [4.69, 9.17) is 23.2 Å². The molecule has 1 unspecified atom stereocenters. The van der Waals surface area contributed by atoms with Crippen LogP contribution in [0.25, 0.3) is 0 Å². The smallest absolute Gasteiger partial charge is 0.0798 e. The van der Waals surface area contributed by atoms with E-state index in [2.05, 4.69) is 12.0 Å². The second-order valence-corrected chi connectivity index (χ2v) is 5.85. The van der Waals surface area contributed by atoms with E-state index < -0.39 is 6.10 Å². The van der Waals surface area contributed by atoms with Crippen LogP contribution in [0.2, 0.25) is 10.0 Å². The van der Waals surface area contributed by atoms with Gasteiger partial charge in [-0.1, -0.05) is 49.2 Å². The summed E-state index contributed by atoms with van der Waals surface area (Å²) < 4.78 is 1.93. The SMILES string of the molecule is CCc1nn(Cc2cccc(Cl)c2Cl)c(CC)c1C(C)O. The normalized spacial score (nSPS) is 12.7. The second-order valence-electron chi connectivity index (χ2n) is 5.06. The fraction of sp³-hybridized carbons (Fsp3) is 0.438. The number of benzene rings is 1. The van der Waals surface area contributed by atoms with Crippen molar-refractivity contribution in [2.45, 2.75) is 46.3 Å². The third kappa shape index (κ3) is 3.25. The molecule has 0 bridgehead atoms. The Kier molecular flexibility index (Phi) is 5.31. The largest absolute Gasteiger partial charge is 0.389 e. The molecule has 0 amide bonds. The number of halogens is 2. The van der Waals surface area contributed by atoms with Crippen molar-refractivity contribution in [1.29, 1.82) is 0 Å². The molecule has 0 saturated carbocycles. The van der Waals surface area contributed by atoms with Crippen LogP contribution in [0, 0.1) is 0 Å². The van der Waals surface area contributed by atoms with Crippen LogP contribution in [0.4, 0.5) is 0 Å². The highest BCUT2D eigenvalue weighted by molar-refractivity contribution is 6.42. The maximum absolute atomic E-state index is 10.0. The molecular formula is C16H20Cl2N2O. The summed E-state index contributed by atoms with van der Waals surface area (Å²) in [5.74, 6) is 0. The topological polar surface area (TPSA) is 38.0 Å². The Balaban J connectivity index is 2.47. The predicted molar refractivity (Wildman–Crippen MR) is 87.2 cm³/mol. The van der Waals surface area contributed by atoms with Gasteiger partial charge in [0, 0.05) is 11.3 Å². The van der Waals surface area contributed by atoms with Crippen LogP contribution in [0.3, 0.4) is 0 Å². The number of hydrogen-bond donors (Lipinski definition) is 1. The number of aromatic nitrogens is 2. The minimum Gasteiger partial charge on any atom is -0.389 e. The summed E-state index contributed by atoms with van der Waals surface area (Å²) in [6, 6.07) is 5.61. The van der Waals surface area contributed by atoms with Crippen LogP contribution >= 0.6 is 23.2 Å². The van der Waals surface area contributed by atoms with Crippen LogP contribution in [0.15, 0.2) is 18.2 Å². The summed E-state index contributed by atoms with van der Waals surface area (Å²) in [7, 11) is 0. The van der Waals surface area contributed by atoms with Gasteiger partial charge in [0.1, 0.15) is 0 Å². The lowest BCUT2D eigenvalue weighted by Crippen LogP contribution is -2.08. The third-order valence-corrected chi connectivity index (χ3v) is 4.47. The van der Waals surface area contributed by atoms with E-state index in [1.807, 2.05) is 23.7 Å². The molecule has 2 rings (SSSR count). The molecule has 0 aliphatic heterocycles. The van der Waals surface area contributed by atoms with Gasteiger partial charge in [-0.15, -0.1) is 0 Å². The first-order valence-corrected chi connectivity index (χ1v) is 7.94. The van der Waals surface area contributed by atoms with Crippen molar-refractivity contribution in [3.8, 4) is 0 Å². The van der Waals surface area contributed by atoms with Crippen molar-refractivity contribution < 1.29 is 5.11 Å². The van der Waals surface area contributed by atoms with Gasteiger partial charge >= 0.3 is 0 Å². The van der Waals surface area contributed by atoms with Crippen molar-refractivity contribution in [3.63, 3.8) is 0 Å². The number of aliphatic hydroxyl groups is 1. The average molecular weight is 327 g/mol. The molecule has 1 aromatic heterocycles. The van der Waals surface area contributed by atoms with Gasteiger partial charge in [-0.25, -0.2) is 0 Å². The zero-order chi connectivity index (χ0) is 15.6. The van der Waals surface area contributed by atoms with E-state index >= 15 is 0 Å². The van der Waals surface area contributed by atoms with Crippen LogP contribution in [-0.4, -0.2) is 14.9 Å². The molecular weight excluding hydrogens is 307 g/mol. The predicted octanol–water partition coefficient (Wildman–Crippen LogP) is 4.42. The summed E-state index contributed by atoms with van der Waals surface area (Å²) in [6.07, 6.45) is 1.09. The van der Waals surface area contributed by atoms with Gasteiger partial charge in [-0.05, 0) is 31.4 Å². The first-order chi connectivity index (χ1) is 9.99. The summed E-state index contributed by atoms with van der Waals surface area (Å²) in [5.41, 5.74) is 3.87. The molecule has 1 atom stereocenters. The van der Waals surface area contributed by atoms with E-state index in [9.17, 15) is 5.11 Å². The lowest BCUT2D eigenvalue weighted by molar-refractivity contribution is 0.197. The first-order valence-electron chi connectivity index (χ1n) is 7.18. The molecule has 1 aromatic carbocycles. The van der Waals surface area contributed by atoms with Crippen molar-refractivity contribution in [3.05, 3.63) is 50.8 Å². The Bertz CT molecular complexity index is 635. The third-order valence-electron chi connectivity index (χ3n) is 3.61. The van der Waals surface area contributed by atoms with E-state index in [0.717, 1.165) is 35.4 Å².